The van der Waals surface area contributed by atoms with Gasteiger partial charge in [0.1, 0.15) is 0 Å². The van der Waals surface area contributed by atoms with Crippen molar-refractivity contribution in [1.82, 2.24) is 9.80 Å². The van der Waals surface area contributed by atoms with Crippen molar-refractivity contribution in [2.75, 3.05) is 86.3 Å². The Balaban J connectivity index is 0.962. The average Bonchev–Trinajstić information content (AvgIpc) is 4.24. The molecule has 2 aliphatic heterocycles. The Bertz CT molecular complexity index is 2700. The van der Waals surface area contributed by atoms with Gasteiger partial charge in [-0.1, -0.05) is 52.4 Å². The van der Waals surface area contributed by atoms with Gasteiger partial charge < -0.3 is 38.6 Å². The predicted octanol–water partition coefficient (Wildman–Crippen LogP) is 13.5. The Morgan fingerprint density at radius 2 is 0.761 bits per heavy atom. The third kappa shape index (κ3) is 14.0. The Morgan fingerprint density at radius 3 is 1.20 bits per heavy atom. The number of aryl methyl sites for hydroxylation is 2. The number of aliphatic hydroxyl groups is 1. The van der Waals surface area contributed by atoms with Crippen LogP contribution in [0.2, 0.25) is 0 Å². The summed E-state index contributed by atoms with van der Waals surface area (Å²) in [7, 11) is 1.79. The first-order chi connectivity index (χ1) is 34.9. The maximum absolute atomic E-state index is 14.9. The molecule has 6 aromatic rings. The molecule has 0 spiro atoms. The topological polar surface area (TPSA) is 107 Å². The summed E-state index contributed by atoms with van der Waals surface area (Å²) in [6, 6.07) is 26.3. The summed E-state index contributed by atoms with van der Waals surface area (Å²) in [5.41, 5.74) is 2.22. The van der Waals surface area contributed by atoms with Gasteiger partial charge in [0.05, 0.1) is 105 Å². The summed E-state index contributed by atoms with van der Waals surface area (Å²) in [4.78, 5) is 47.1. The summed E-state index contributed by atoms with van der Waals surface area (Å²) in [6.45, 7) is 8.75. The quantitative estimate of drug-likeness (QED) is 0.0406. The Kier molecular flexibility index (Phi) is 20.9. The number of likely N-dealkylation sites (N-methyl/N-ethyl adjacent to an activating group) is 1. The van der Waals surface area contributed by atoms with E-state index in [1.807, 2.05) is 22.7 Å². The Morgan fingerprint density at radius 1 is 0.408 bits per heavy atom. The smallest absolute Gasteiger partial charge is 0.261 e. The van der Waals surface area contributed by atoms with Crippen molar-refractivity contribution in [2.24, 2.45) is 0 Å². The van der Waals surface area contributed by atoms with E-state index in [1.165, 1.54) is 85.5 Å². The molecular weight excluding hydrogens is 1010 g/mol. The van der Waals surface area contributed by atoms with Crippen molar-refractivity contribution in [3.05, 3.63) is 103 Å². The number of ether oxygens (including phenoxy) is 5. The molecule has 0 unspecified atom stereocenters. The SMILES string of the molecule is CCCCCCc1ccc(-c2ccc(-c3ccc(C4=C5C(=O)N(CCOCCOCCOCCOCCOCCO)C(c6ccc(-c7ccc(-c8ccc(CCCCCC)s8)s7)s6)=C5C(=O)N4C)s3)s2)s1. The number of hydrogen-bond donors (Lipinski definition) is 1. The van der Waals surface area contributed by atoms with Crippen LogP contribution in [-0.2, 0) is 46.1 Å². The van der Waals surface area contributed by atoms with Crippen LogP contribution in [0.4, 0.5) is 0 Å². The van der Waals surface area contributed by atoms with Gasteiger partial charge in [0.25, 0.3) is 11.8 Å². The van der Waals surface area contributed by atoms with Crippen molar-refractivity contribution in [3.8, 4) is 39.0 Å². The highest BCUT2D eigenvalue weighted by Gasteiger charge is 2.48. The molecule has 0 saturated carbocycles. The lowest BCUT2D eigenvalue weighted by atomic mass is 10.1. The molecule has 2 amide bonds. The fourth-order valence-corrected chi connectivity index (χ4v) is 15.2. The van der Waals surface area contributed by atoms with Gasteiger partial charge in [-0.25, -0.2) is 0 Å². The van der Waals surface area contributed by atoms with Crippen molar-refractivity contribution in [3.63, 3.8) is 0 Å². The zero-order valence-corrected chi connectivity index (χ0v) is 46.0. The van der Waals surface area contributed by atoms with Crippen molar-refractivity contribution < 1.29 is 38.4 Å². The lowest BCUT2D eigenvalue weighted by Crippen LogP contribution is -2.31. The first-order valence-electron chi connectivity index (χ1n) is 25.1. The highest BCUT2D eigenvalue weighted by molar-refractivity contribution is 7.27. The van der Waals surface area contributed by atoms with Crippen molar-refractivity contribution in [2.45, 2.75) is 78.1 Å². The predicted molar refractivity (Wildman–Crippen MR) is 297 cm³/mol. The first kappa shape index (κ1) is 53.7. The summed E-state index contributed by atoms with van der Waals surface area (Å²) < 4.78 is 28.0. The Hall–Kier alpha value is -3.62. The van der Waals surface area contributed by atoms with E-state index < -0.39 is 0 Å². The third-order valence-corrected chi connectivity index (χ3v) is 19.7. The second kappa shape index (κ2) is 27.6. The number of carbonyl (C=O) groups is 2. The average molecular weight is 1080 g/mol. The summed E-state index contributed by atoms with van der Waals surface area (Å²) in [5.74, 6) is -0.362. The zero-order valence-electron chi connectivity index (χ0n) is 41.1. The van der Waals surface area contributed by atoms with Crippen LogP contribution >= 0.6 is 68.0 Å². The highest BCUT2D eigenvalue weighted by atomic mass is 32.1. The zero-order chi connectivity index (χ0) is 49.4. The van der Waals surface area contributed by atoms with Crippen LogP contribution in [0.5, 0.6) is 0 Å². The first-order valence-corrected chi connectivity index (χ1v) is 30.0. The van der Waals surface area contributed by atoms with Gasteiger partial charge in [-0.3, -0.25) is 9.59 Å². The highest BCUT2D eigenvalue weighted by Crippen LogP contribution is 2.50. The molecule has 0 radical (unpaired) electrons. The standard InChI is InChI=1S/C55H66N2O8S6/c1-4-6-8-10-12-38-14-16-40(66-38)42-18-20-44(68-42)46-22-24-48(70-46)52-50-51(54(59)56(52)3)53(57(55(50)60)26-28-61-30-32-63-34-36-65-37-35-64-33-31-62-29-27-58)49-25-23-47(71-49)45-21-19-43(69-45)41-17-15-39(67-41)13-11-9-7-5-2/h14-25,58H,4-13,26-37H2,1-3H3. The third-order valence-electron chi connectivity index (χ3n) is 12.2. The minimum Gasteiger partial charge on any atom is -0.394 e. The molecule has 16 heteroatoms. The van der Waals surface area contributed by atoms with E-state index in [0.29, 0.717) is 82.0 Å². The number of thiophene rings is 6. The Labute approximate surface area is 443 Å². The molecule has 0 bridgehead atoms. The van der Waals surface area contributed by atoms with E-state index in [0.717, 1.165) is 37.2 Å². The van der Waals surface area contributed by atoms with Gasteiger partial charge >= 0.3 is 0 Å². The fraction of sp³-hybridized carbons (Fsp3) is 0.455. The molecule has 1 N–H and O–H groups in total. The molecule has 0 aliphatic carbocycles. The number of carbonyl (C=O) groups excluding carboxylic acids is 2. The van der Waals surface area contributed by atoms with Crippen LogP contribution in [0.15, 0.2) is 83.9 Å². The number of rotatable bonds is 33. The van der Waals surface area contributed by atoms with Gasteiger partial charge in [-0.05, 0) is 98.5 Å². The van der Waals surface area contributed by atoms with Crippen LogP contribution in [0.3, 0.4) is 0 Å². The van der Waals surface area contributed by atoms with E-state index in [1.54, 1.807) is 62.2 Å². The van der Waals surface area contributed by atoms with Crippen LogP contribution in [0, 0.1) is 0 Å². The maximum atomic E-state index is 14.9. The van der Waals surface area contributed by atoms with Crippen molar-refractivity contribution >= 4 is 91.2 Å². The summed E-state index contributed by atoms with van der Waals surface area (Å²) in [6.07, 6.45) is 12.4. The van der Waals surface area contributed by atoms with Gasteiger partial charge in [-0.2, -0.15) is 0 Å². The maximum Gasteiger partial charge on any atom is 0.261 e. The van der Waals surface area contributed by atoms with Crippen LogP contribution in [-0.4, -0.2) is 113 Å². The van der Waals surface area contributed by atoms with E-state index in [4.69, 9.17) is 28.8 Å². The van der Waals surface area contributed by atoms with E-state index in [-0.39, 0.29) is 31.6 Å². The van der Waals surface area contributed by atoms with Crippen LogP contribution in [0.25, 0.3) is 50.4 Å². The summed E-state index contributed by atoms with van der Waals surface area (Å²) in [5, 5.41) is 8.77. The lowest BCUT2D eigenvalue weighted by Gasteiger charge is -2.22. The number of unbranched alkanes of at least 4 members (excludes halogenated alkanes) is 6. The molecule has 0 saturated heterocycles. The van der Waals surface area contributed by atoms with E-state index >= 15 is 0 Å². The number of hydrogen-bond acceptors (Lipinski definition) is 14. The van der Waals surface area contributed by atoms with E-state index in [9.17, 15) is 9.59 Å². The molecule has 0 fully saturated rings. The van der Waals surface area contributed by atoms with Gasteiger partial charge in [0.15, 0.2) is 0 Å². The molecule has 0 atom stereocenters. The molecule has 8 heterocycles. The minimum absolute atomic E-state index is 0.00160. The van der Waals surface area contributed by atoms with Gasteiger partial charge in [0.2, 0.25) is 0 Å². The lowest BCUT2D eigenvalue weighted by molar-refractivity contribution is -0.124. The normalized spacial score (nSPS) is 13.9. The second-order valence-corrected chi connectivity index (χ2v) is 24.0. The molecule has 71 heavy (non-hydrogen) atoms. The minimum atomic E-state index is -0.186. The molecule has 2 aliphatic rings. The van der Waals surface area contributed by atoms with Crippen LogP contribution in [0.1, 0.15) is 84.7 Å². The van der Waals surface area contributed by atoms with Crippen molar-refractivity contribution in [1.29, 1.82) is 0 Å². The molecule has 6 aromatic heterocycles. The monoisotopic (exact) mass is 1070 g/mol. The van der Waals surface area contributed by atoms with Crippen LogP contribution < -0.4 is 0 Å². The number of amides is 2. The molecule has 0 aromatic carbocycles. The van der Waals surface area contributed by atoms with Gasteiger partial charge in [0, 0.05) is 62.4 Å². The summed E-state index contributed by atoms with van der Waals surface area (Å²) >= 11 is 10.6. The number of fused-ring (bicyclic) bond motifs is 1. The number of nitrogens with zero attached hydrogens (tertiary/aromatic N) is 2. The molecule has 380 valence electrons. The van der Waals surface area contributed by atoms with Gasteiger partial charge in [-0.15, -0.1) is 68.0 Å². The molecule has 8 rings (SSSR count). The fourth-order valence-electron chi connectivity index (χ4n) is 8.56. The second-order valence-electron chi connectivity index (χ2n) is 17.4. The molecular formula is C55H66N2O8S6. The molecule has 10 nitrogen and oxygen atoms in total. The largest absolute Gasteiger partial charge is 0.394 e. The number of aliphatic hydroxyl groups excluding tert-OH is 1. The van der Waals surface area contributed by atoms with E-state index in [2.05, 4.69) is 86.6 Å².